The lowest BCUT2D eigenvalue weighted by atomic mass is 10.1. The summed E-state index contributed by atoms with van der Waals surface area (Å²) in [7, 11) is 2.15. The summed E-state index contributed by atoms with van der Waals surface area (Å²) in [5.41, 5.74) is 2.29. The Bertz CT molecular complexity index is 611. The maximum Gasteiger partial charge on any atom is 0.242 e. The summed E-state index contributed by atoms with van der Waals surface area (Å²) in [6.45, 7) is 7.69. The molecular formula is C18H26N3O2S+. The molecule has 0 spiro atoms. The normalized spacial score (nSPS) is 25.4. The molecule has 0 saturated carbocycles. The van der Waals surface area contributed by atoms with Gasteiger partial charge in [-0.15, -0.1) is 11.8 Å². The Morgan fingerprint density at radius 3 is 2.50 bits per heavy atom. The largest absolute Gasteiger partial charge is 0.334 e. The Balaban J connectivity index is 1.72. The van der Waals surface area contributed by atoms with Crippen molar-refractivity contribution in [3.8, 4) is 0 Å². The summed E-state index contributed by atoms with van der Waals surface area (Å²) in [6, 6.07) is 8.25. The first-order valence-electron chi connectivity index (χ1n) is 8.57. The molecule has 0 radical (unpaired) electrons. The number of benzene rings is 1. The van der Waals surface area contributed by atoms with Crippen LogP contribution < -0.4 is 4.90 Å². The molecule has 0 bridgehead atoms. The van der Waals surface area contributed by atoms with E-state index >= 15 is 0 Å². The lowest BCUT2D eigenvalue weighted by molar-refractivity contribution is -0.883. The topological polar surface area (TPSA) is 45.1 Å². The average molecular weight is 348 g/mol. The number of carbonyl (C=O) groups is 2. The third kappa shape index (κ3) is 3.59. The molecule has 2 saturated heterocycles. The highest BCUT2D eigenvalue weighted by atomic mass is 32.2. The summed E-state index contributed by atoms with van der Waals surface area (Å²) in [5, 5.41) is -0.156. The second kappa shape index (κ2) is 7.15. The van der Waals surface area contributed by atoms with Crippen LogP contribution in [0.3, 0.4) is 0 Å². The molecule has 2 heterocycles. The molecule has 2 atom stereocenters. The maximum atomic E-state index is 12.7. The van der Waals surface area contributed by atoms with Crippen LogP contribution in [-0.2, 0) is 9.59 Å². The smallest absolute Gasteiger partial charge is 0.242 e. The lowest BCUT2D eigenvalue weighted by Gasteiger charge is -2.32. The van der Waals surface area contributed by atoms with Crippen molar-refractivity contribution in [1.29, 1.82) is 0 Å². The molecule has 1 aromatic carbocycles. The van der Waals surface area contributed by atoms with Crippen molar-refractivity contribution in [1.82, 2.24) is 9.80 Å². The van der Waals surface area contributed by atoms with Crippen molar-refractivity contribution >= 4 is 23.6 Å². The van der Waals surface area contributed by atoms with Crippen molar-refractivity contribution in [3.63, 3.8) is 0 Å². The standard InChI is InChI=1S/C18H25N3O2S/c1-13-4-6-15(7-5-13)18-21(17(23)14(2)24-18)12-16(22)20-10-8-19(3)9-11-20/h4-7,14,18H,8-12H2,1-3H3/p+1/t14-,18+/m0/s1. The van der Waals surface area contributed by atoms with Crippen molar-refractivity contribution < 1.29 is 14.5 Å². The minimum absolute atomic E-state index is 0.0601. The van der Waals surface area contributed by atoms with Gasteiger partial charge in [0.2, 0.25) is 11.8 Å². The highest BCUT2D eigenvalue weighted by Gasteiger charge is 2.40. The van der Waals surface area contributed by atoms with Crippen molar-refractivity contribution in [3.05, 3.63) is 35.4 Å². The van der Waals surface area contributed by atoms with E-state index in [1.807, 2.05) is 11.8 Å². The molecule has 2 aliphatic heterocycles. The number of quaternary nitrogens is 1. The highest BCUT2D eigenvalue weighted by Crippen LogP contribution is 2.42. The number of thioether (sulfide) groups is 1. The van der Waals surface area contributed by atoms with Gasteiger partial charge in [0.05, 0.1) is 38.5 Å². The van der Waals surface area contributed by atoms with Gasteiger partial charge in [0.15, 0.2) is 0 Å². The number of nitrogens with one attached hydrogen (secondary N) is 1. The number of hydrogen-bond acceptors (Lipinski definition) is 3. The summed E-state index contributed by atoms with van der Waals surface area (Å²) >= 11 is 1.63. The number of nitrogens with zero attached hydrogens (tertiary/aromatic N) is 2. The van der Waals surface area contributed by atoms with Gasteiger partial charge >= 0.3 is 0 Å². The number of piperazine rings is 1. The summed E-state index contributed by atoms with van der Waals surface area (Å²) in [4.78, 5) is 30.3. The van der Waals surface area contributed by atoms with E-state index in [2.05, 4.69) is 38.2 Å². The molecule has 0 unspecified atom stereocenters. The van der Waals surface area contributed by atoms with E-state index in [1.165, 1.54) is 10.5 Å². The van der Waals surface area contributed by atoms with Crippen LogP contribution in [0.5, 0.6) is 0 Å². The second-order valence-corrected chi connectivity index (χ2v) is 8.27. The Morgan fingerprint density at radius 2 is 1.88 bits per heavy atom. The van der Waals surface area contributed by atoms with Crippen LogP contribution >= 0.6 is 11.8 Å². The minimum atomic E-state index is -0.0963. The van der Waals surface area contributed by atoms with Gasteiger partial charge in [0, 0.05) is 0 Å². The average Bonchev–Trinajstić information content (AvgIpc) is 2.84. The van der Waals surface area contributed by atoms with E-state index < -0.39 is 0 Å². The number of rotatable bonds is 3. The van der Waals surface area contributed by atoms with Gasteiger partial charge in [-0.3, -0.25) is 9.59 Å². The Hall–Kier alpha value is -1.53. The van der Waals surface area contributed by atoms with E-state index in [9.17, 15) is 9.59 Å². The maximum absolute atomic E-state index is 12.7. The Kier molecular flexibility index (Phi) is 5.15. The zero-order valence-corrected chi connectivity index (χ0v) is 15.4. The molecular weight excluding hydrogens is 322 g/mol. The molecule has 2 fully saturated rings. The van der Waals surface area contributed by atoms with E-state index in [0.717, 1.165) is 31.7 Å². The molecule has 2 amide bonds. The van der Waals surface area contributed by atoms with Gasteiger partial charge in [-0.2, -0.15) is 0 Å². The van der Waals surface area contributed by atoms with Gasteiger partial charge in [0.1, 0.15) is 11.9 Å². The van der Waals surface area contributed by atoms with Gasteiger partial charge in [-0.1, -0.05) is 29.8 Å². The van der Waals surface area contributed by atoms with Crippen molar-refractivity contribution in [2.75, 3.05) is 39.8 Å². The first-order chi connectivity index (χ1) is 11.5. The Labute approximate surface area is 148 Å². The van der Waals surface area contributed by atoms with E-state index in [-0.39, 0.29) is 29.0 Å². The summed E-state index contributed by atoms with van der Waals surface area (Å²) in [5.74, 6) is 0.140. The van der Waals surface area contributed by atoms with E-state index in [0.29, 0.717) is 0 Å². The molecule has 1 N–H and O–H groups in total. The number of aryl methyl sites for hydroxylation is 1. The van der Waals surface area contributed by atoms with Crippen LogP contribution in [0.2, 0.25) is 0 Å². The van der Waals surface area contributed by atoms with Crippen LogP contribution in [0.15, 0.2) is 24.3 Å². The highest BCUT2D eigenvalue weighted by molar-refractivity contribution is 8.01. The van der Waals surface area contributed by atoms with Gasteiger partial charge in [-0.05, 0) is 19.4 Å². The van der Waals surface area contributed by atoms with Crippen LogP contribution in [0.1, 0.15) is 23.4 Å². The second-order valence-electron chi connectivity index (χ2n) is 6.85. The van der Waals surface area contributed by atoms with Gasteiger partial charge in [-0.25, -0.2) is 0 Å². The predicted molar refractivity (Wildman–Crippen MR) is 95.9 cm³/mol. The van der Waals surface area contributed by atoms with E-state index in [4.69, 9.17) is 0 Å². The minimum Gasteiger partial charge on any atom is -0.334 e. The predicted octanol–water partition coefficient (Wildman–Crippen LogP) is 0.314. The fourth-order valence-electron chi connectivity index (χ4n) is 3.21. The SMILES string of the molecule is Cc1ccc([C@H]2S[C@@H](C)C(=O)N2CC(=O)N2CC[NH+](C)CC2)cc1. The van der Waals surface area contributed by atoms with Crippen LogP contribution in [-0.4, -0.2) is 66.6 Å². The number of carbonyl (C=O) groups excluding carboxylic acids is 2. The van der Waals surface area contributed by atoms with Crippen LogP contribution in [0, 0.1) is 6.92 Å². The van der Waals surface area contributed by atoms with Crippen molar-refractivity contribution in [2.45, 2.75) is 24.5 Å². The zero-order valence-electron chi connectivity index (χ0n) is 14.6. The lowest BCUT2D eigenvalue weighted by Crippen LogP contribution is -3.12. The number of hydrogen-bond donors (Lipinski definition) is 1. The Morgan fingerprint density at radius 1 is 1.25 bits per heavy atom. The quantitative estimate of drug-likeness (QED) is 0.855. The molecule has 0 aromatic heterocycles. The first kappa shape index (κ1) is 17.3. The van der Waals surface area contributed by atoms with Crippen LogP contribution in [0.25, 0.3) is 0 Å². The molecule has 24 heavy (non-hydrogen) atoms. The molecule has 6 heteroatoms. The number of amides is 2. The molecule has 0 aliphatic carbocycles. The summed E-state index contributed by atoms with van der Waals surface area (Å²) in [6.07, 6.45) is 0. The van der Waals surface area contributed by atoms with Crippen molar-refractivity contribution in [2.24, 2.45) is 0 Å². The first-order valence-corrected chi connectivity index (χ1v) is 9.51. The molecule has 5 nitrogen and oxygen atoms in total. The van der Waals surface area contributed by atoms with Crippen LogP contribution in [0.4, 0.5) is 0 Å². The molecule has 2 aliphatic rings. The molecule has 3 rings (SSSR count). The molecule has 1 aromatic rings. The van der Waals surface area contributed by atoms with Gasteiger partial charge < -0.3 is 14.7 Å². The summed E-state index contributed by atoms with van der Waals surface area (Å²) < 4.78 is 0. The fourth-order valence-corrected chi connectivity index (χ4v) is 4.49. The number of likely N-dealkylation sites (N-methyl/N-ethyl adjacent to an activating group) is 1. The van der Waals surface area contributed by atoms with E-state index in [1.54, 1.807) is 16.7 Å². The third-order valence-electron chi connectivity index (χ3n) is 4.88. The monoisotopic (exact) mass is 348 g/mol. The van der Waals surface area contributed by atoms with Gasteiger partial charge in [0.25, 0.3) is 0 Å². The molecule has 130 valence electrons. The zero-order chi connectivity index (χ0) is 17.3. The third-order valence-corrected chi connectivity index (χ3v) is 6.28. The fraction of sp³-hybridized carbons (Fsp3) is 0.556.